The Balaban J connectivity index is 2.83. The Kier molecular flexibility index (Phi) is 19.5. The van der Waals surface area contributed by atoms with E-state index in [0.29, 0.717) is 12.8 Å². The highest BCUT2D eigenvalue weighted by Gasteiger charge is 2.26. The smallest absolute Gasteiger partial charge is 0.306 e. The minimum atomic E-state index is -2.27. The van der Waals surface area contributed by atoms with Crippen LogP contribution in [0.3, 0.4) is 0 Å². The minimum Gasteiger partial charge on any atom is -0.461 e. The molecule has 3 atom stereocenters. The number of hydrogen-bond donors (Lipinski definition) is 0. The molecule has 1 aromatic carbocycles. The Morgan fingerprint density at radius 1 is 0.830 bits per heavy atom. The van der Waals surface area contributed by atoms with Gasteiger partial charge in [0.1, 0.15) is 20.8 Å². The van der Waals surface area contributed by atoms with Crippen molar-refractivity contribution in [3.8, 4) is 0 Å². The molecule has 0 aliphatic heterocycles. The number of hydrogen-bond acceptors (Lipinski definition) is 7. The van der Waals surface area contributed by atoms with Crippen molar-refractivity contribution in [2.45, 2.75) is 84.7 Å². The summed E-state index contributed by atoms with van der Waals surface area (Å²) in [6, 6.07) is 0. The highest BCUT2D eigenvalue weighted by atomic mass is 28.4. The minimum absolute atomic E-state index is 0.0857. The molecule has 0 aromatic heterocycles. The molecule has 0 aliphatic carbocycles. The third-order valence-corrected chi connectivity index (χ3v) is 7.60. The van der Waals surface area contributed by atoms with Crippen molar-refractivity contribution >= 4 is 26.2 Å². The standard InChI is InChI=1S/C34H47F5N2O5Si/c1-8-9-14-17-26(46-47(5,6)7)21-20-25(22-40-43-3)27(24(2)41-44-4)18-15-12-10-11-13-16-19-29(42)45-23-28-30(35)32(37)34(39)33(38)31(28)36/h9,11-15,20-22,25-27H,8,10,16-19,23H2,1-7H3/b13-11-,14-9-,15-12-,21-20+,40-22+,41-24+. The third-order valence-electron chi connectivity index (χ3n) is 6.59. The van der Waals surface area contributed by atoms with E-state index >= 15 is 0 Å². The SMILES string of the molecule is CC/C=C\CC(/C=C/C(/C=N/OC)C(C/C=C\C/C=C\CCC(=O)OCc1c(F)c(F)c(F)c(F)c1F)/C(C)=N/OC)O[Si](C)(C)C. The van der Waals surface area contributed by atoms with Gasteiger partial charge >= 0.3 is 5.97 Å². The molecule has 0 spiro atoms. The van der Waals surface area contributed by atoms with Crippen LogP contribution in [0.1, 0.15) is 57.9 Å². The van der Waals surface area contributed by atoms with Crippen LogP contribution in [0, 0.1) is 40.9 Å². The fraction of sp³-hybridized carbons (Fsp3) is 0.500. The van der Waals surface area contributed by atoms with Crippen molar-refractivity contribution in [3.63, 3.8) is 0 Å². The lowest BCUT2D eigenvalue weighted by molar-refractivity contribution is -0.145. The lowest BCUT2D eigenvalue weighted by Gasteiger charge is -2.25. The summed E-state index contributed by atoms with van der Waals surface area (Å²) in [4.78, 5) is 22.0. The van der Waals surface area contributed by atoms with E-state index in [1.807, 2.05) is 25.2 Å². The van der Waals surface area contributed by atoms with Gasteiger partial charge in [-0.05, 0) is 58.7 Å². The summed E-state index contributed by atoms with van der Waals surface area (Å²) >= 11 is 0. The molecule has 0 N–H and O–H groups in total. The quantitative estimate of drug-likeness (QED) is 0.0188. The number of allylic oxidation sites excluding steroid dienone is 6. The van der Waals surface area contributed by atoms with Gasteiger partial charge in [-0.1, -0.05) is 65.8 Å². The maximum Gasteiger partial charge on any atom is 0.306 e. The number of carbonyl (C=O) groups is 1. The van der Waals surface area contributed by atoms with Crippen LogP contribution in [0.4, 0.5) is 22.0 Å². The van der Waals surface area contributed by atoms with Gasteiger partial charge in [0.2, 0.25) is 5.82 Å². The normalized spacial score (nSPS) is 15.0. The van der Waals surface area contributed by atoms with Crippen molar-refractivity contribution < 1.29 is 45.6 Å². The van der Waals surface area contributed by atoms with Crippen LogP contribution in [-0.2, 0) is 30.2 Å². The summed E-state index contributed by atoms with van der Waals surface area (Å²) < 4.78 is 78.4. The van der Waals surface area contributed by atoms with Crippen LogP contribution < -0.4 is 0 Å². The second-order valence-electron chi connectivity index (χ2n) is 11.5. The maximum atomic E-state index is 13.8. The van der Waals surface area contributed by atoms with Crippen molar-refractivity contribution in [2.24, 2.45) is 22.1 Å². The summed E-state index contributed by atoms with van der Waals surface area (Å²) in [5.74, 6) is -11.6. The van der Waals surface area contributed by atoms with E-state index in [1.165, 1.54) is 14.2 Å². The van der Waals surface area contributed by atoms with Crippen LogP contribution in [-0.4, -0.2) is 46.5 Å². The molecule has 0 saturated heterocycles. The first kappa shape index (κ1) is 41.4. The zero-order chi connectivity index (χ0) is 35.4. The Bertz CT molecular complexity index is 1280. The van der Waals surface area contributed by atoms with Crippen molar-refractivity contribution in [1.82, 2.24) is 0 Å². The molecule has 0 aliphatic rings. The molecule has 0 bridgehead atoms. The van der Waals surface area contributed by atoms with E-state index in [9.17, 15) is 26.7 Å². The van der Waals surface area contributed by atoms with Crippen molar-refractivity contribution in [3.05, 3.63) is 83.3 Å². The number of benzene rings is 1. The van der Waals surface area contributed by atoms with E-state index in [1.54, 1.807) is 12.3 Å². The van der Waals surface area contributed by atoms with Crippen LogP contribution in [0.25, 0.3) is 0 Å². The Hall–Kier alpha value is -3.58. The number of rotatable bonds is 21. The van der Waals surface area contributed by atoms with E-state index in [-0.39, 0.29) is 30.8 Å². The Morgan fingerprint density at radius 2 is 1.45 bits per heavy atom. The highest BCUT2D eigenvalue weighted by Crippen LogP contribution is 2.24. The molecular weight excluding hydrogens is 639 g/mol. The summed E-state index contributed by atoms with van der Waals surface area (Å²) in [6.07, 6.45) is 20.5. The van der Waals surface area contributed by atoms with Gasteiger partial charge in [0.25, 0.3) is 0 Å². The molecule has 1 rings (SSSR count). The first-order chi connectivity index (χ1) is 22.3. The molecule has 7 nitrogen and oxygen atoms in total. The summed E-state index contributed by atoms with van der Waals surface area (Å²) in [7, 11) is 1.16. The Morgan fingerprint density at radius 3 is 2.04 bits per heavy atom. The Labute approximate surface area is 276 Å². The molecule has 47 heavy (non-hydrogen) atoms. The van der Waals surface area contributed by atoms with E-state index in [0.717, 1.165) is 18.6 Å². The van der Waals surface area contributed by atoms with Gasteiger partial charge in [0.15, 0.2) is 31.6 Å². The predicted molar refractivity (Wildman–Crippen MR) is 177 cm³/mol. The monoisotopic (exact) mass is 686 g/mol. The number of halogens is 5. The van der Waals surface area contributed by atoms with E-state index in [2.05, 4.69) is 61.2 Å². The molecule has 13 heteroatoms. The second-order valence-corrected chi connectivity index (χ2v) is 15.9. The van der Waals surface area contributed by atoms with E-state index < -0.39 is 55.5 Å². The molecular formula is C34H47F5N2O5Si. The summed E-state index contributed by atoms with van der Waals surface area (Å²) in [6.45, 7) is 9.35. The third kappa shape index (κ3) is 15.7. The predicted octanol–water partition coefficient (Wildman–Crippen LogP) is 9.12. The van der Waals surface area contributed by atoms with Crippen LogP contribution >= 0.6 is 0 Å². The van der Waals surface area contributed by atoms with Gasteiger partial charge in [-0.15, -0.1) is 0 Å². The fourth-order valence-electron chi connectivity index (χ4n) is 4.34. The molecule has 0 amide bonds. The number of oxime groups is 2. The first-order valence-corrected chi connectivity index (χ1v) is 18.8. The molecule has 3 unspecified atom stereocenters. The van der Waals surface area contributed by atoms with Crippen LogP contribution in [0.15, 0.2) is 58.9 Å². The lowest BCUT2D eigenvalue weighted by Crippen LogP contribution is -2.31. The average Bonchev–Trinajstić information content (AvgIpc) is 3.02. The first-order valence-electron chi connectivity index (χ1n) is 15.4. The van der Waals surface area contributed by atoms with Crippen molar-refractivity contribution in [1.29, 1.82) is 0 Å². The largest absolute Gasteiger partial charge is 0.461 e. The second kappa shape index (κ2) is 22.1. The van der Waals surface area contributed by atoms with Gasteiger partial charge in [-0.2, -0.15) is 0 Å². The lowest BCUT2D eigenvalue weighted by atomic mass is 9.85. The average molecular weight is 687 g/mol. The zero-order valence-electron chi connectivity index (χ0n) is 28.2. The highest BCUT2D eigenvalue weighted by molar-refractivity contribution is 6.69. The number of ether oxygens (including phenoxy) is 1. The molecule has 0 saturated carbocycles. The van der Waals surface area contributed by atoms with Gasteiger partial charge < -0.3 is 18.8 Å². The molecule has 1 aromatic rings. The maximum absolute atomic E-state index is 13.8. The number of nitrogens with zero attached hydrogens (tertiary/aromatic N) is 2. The number of carbonyl (C=O) groups excluding carboxylic acids is 1. The van der Waals surface area contributed by atoms with Gasteiger partial charge in [0, 0.05) is 18.3 Å². The van der Waals surface area contributed by atoms with E-state index in [4.69, 9.17) is 18.8 Å². The number of esters is 1. The fourth-order valence-corrected chi connectivity index (χ4v) is 5.42. The molecule has 262 valence electrons. The summed E-state index contributed by atoms with van der Waals surface area (Å²) in [5.41, 5.74) is -0.433. The molecule has 0 fully saturated rings. The van der Waals surface area contributed by atoms with Gasteiger partial charge in [-0.25, -0.2) is 22.0 Å². The molecule has 0 heterocycles. The zero-order valence-corrected chi connectivity index (χ0v) is 29.2. The van der Waals surface area contributed by atoms with Gasteiger partial charge in [0.05, 0.1) is 23.6 Å². The van der Waals surface area contributed by atoms with Crippen LogP contribution in [0.2, 0.25) is 19.6 Å². The van der Waals surface area contributed by atoms with Gasteiger partial charge in [-0.3, -0.25) is 4.79 Å². The molecule has 0 radical (unpaired) electrons. The van der Waals surface area contributed by atoms with Crippen molar-refractivity contribution in [2.75, 3.05) is 14.2 Å². The summed E-state index contributed by atoms with van der Waals surface area (Å²) in [5, 5.41) is 8.20. The topological polar surface area (TPSA) is 78.7 Å². The van der Waals surface area contributed by atoms with Crippen LogP contribution in [0.5, 0.6) is 0 Å².